The second-order valence-electron chi connectivity index (χ2n) is 8.69. The molecule has 2 N–H and O–H groups in total. The van der Waals surface area contributed by atoms with Gasteiger partial charge in [0, 0.05) is 12.6 Å². The highest BCUT2D eigenvalue weighted by molar-refractivity contribution is 5.93. The summed E-state index contributed by atoms with van der Waals surface area (Å²) in [6, 6.07) is 27.6. The van der Waals surface area contributed by atoms with Gasteiger partial charge in [0.1, 0.15) is 23.9 Å². The minimum atomic E-state index is 0.259. The van der Waals surface area contributed by atoms with E-state index in [0.717, 1.165) is 36.2 Å². The summed E-state index contributed by atoms with van der Waals surface area (Å²) in [6.07, 6.45) is 3.45. The Labute approximate surface area is 194 Å². The topological polar surface area (TPSA) is 52.9 Å². The number of phenols is 2. The molecule has 0 aromatic heterocycles. The van der Waals surface area contributed by atoms with Gasteiger partial charge in [-0.25, -0.2) is 0 Å². The van der Waals surface area contributed by atoms with Crippen molar-refractivity contribution in [1.29, 1.82) is 0 Å². The fraction of sp³-hybridized carbons (Fsp3) is 0.241. The first-order valence-corrected chi connectivity index (χ1v) is 11.7. The molecule has 168 valence electrons. The number of nitrogens with zero attached hydrogens (tertiary/aromatic N) is 1. The molecule has 1 fully saturated rings. The molecule has 0 aliphatic carbocycles. The van der Waals surface area contributed by atoms with Crippen molar-refractivity contribution in [3.05, 3.63) is 90.5 Å². The zero-order chi connectivity index (χ0) is 22.6. The molecule has 4 nitrogen and oxygen atoms in total. The van der Waals surface area contributed by atoms with Crippen LogP contribution in [-0.4, -0.2) is 34.8 Å². The predicted octanol–water partition coefficient (Wildman–Crippen LogP) is 6.52. The fourth-order valence-corrected chi connectivity index (χ4v) is 4.98. The highest BCUT2D eigenvalue weighted by Gasteiger charge is 2.28. The van der Waals surface area contributed by atoms with Crippen molar-refractivity contribution in [3.63, 3.8) is 0 Å². The molecule has 1 aliphatic rings. The SMILES string of the molecule is Oc1ccc(-c2ccc3cc(O)ccc3c2C2CCCCN2CCOc2ccccc2)cc1. The first-order valence-electron chi connectivity index (χ1n) is 11.7. The van der Waals surface area contributed by atoms with Crippen LogP contribution in [0.2, 0.25) is 0 Å². The number of ether oxygens (including phenoxy) is 1. The van der Waals surface area contributed by atoms with Crippen molar-refractivity contribution in [3.8, 4) is 28.4 Å². The molecule has 5 rings (SSSR count). The number of para-hydroxylation sites is 1. The van der Waals surface area contributed by atoms with Crippen molar-refractivity contribution in [2.45, 2.75) is 25.3 Å². The van der Waals surface area contributed by atoms with Crippen LogP contribution in [0.25, 0.3) is 21.9 Å². The van der Waals surface area contributed by atoms with Gasteiger partial charge in [0.15, 0.2) is 0 Å². The largest absolute Gasteiger partial charge is 0.508 e. The van der Waals surface area contributed by atoms with Gasteiger partial charge in [-0.15, -0.1) is 0 Å². The van der Waals surface area contributed by atoms with Crippen molar-refractivity contribution < 1.29 is 14.9 Å². The number of piperidine rings is 1. The second kappa shape index (κ2) is 9.55. The van der Waals surface area contributed by atoms with E-state index in [1.807, 2.05) is 54.6 Å². The van der Waals surface area contributed by atoms with Crippen LogP contribution in [0, 0.1) is 0 Å². The highest BCUT2D eigenvalue weighted by Crippen LogP contribution is 2.42. The summed E-state index contributed by atoms with van der Waals surface area (Å²) in [5, 5.41) is 22.1. The van der Waals surface area contributed by atoms with Crippen molar-refractivity contribution in [2.24, 2.45) is 0 Å². The lowest BCUT2D eigenvalue weighted by Gasteiger charge is -2.37. The van der Waals surface area contributed by atoms with Crippen LogP contribution >= 0.6 is 0 Å². The molecule has 4 heteroatoms. The van der Waals surface area contributed by atoms with E-state index in [1.165, 1.54) is 29.4 Å². The maximum atomic E-state index is 10.1. The lowest BCUT2D eigenvalue weighted by molar-refractivity contribution is 0.124. The minimum absolute atomic E-state index is 0.259. The number of fused-ring (bicyclic) bond motifs is 1. The Hall–Kier alpha value is -3.50. The summed E-state index contributed by atoms with van der Waals surface area (Å²) >= 11 is 0. The van der Waals surface area contributed by atoms with E-state index in [0.29, 0.717) is 6.61 Å². The van der Waals surface area contributed by atoms with Gasteiger partial charge in [-0.3, -0.25) is 4.90 Å². The maximum Gasteiger partial charge on any atom is 0.119 e. The summed E-state index contributed by atoms with van der Waals surface area (Å²) in [5.41, 5.74) is 3.55. The van der Waals surface area contributed by atoms with E-state index >= 15 is 0 Å². The lowest BCUT2D eigenvalue weighted by atomic mass is 9.85. The van der Waals surface area contributed by atoms with E-state index in [1.54, 1.807) is 18.2 Å². The van der Waals surface area contributed by atoms with Gasteiger partial charge in [0.05, 0.1) is 0 Å². The third-order valence-electron chi connectivity index (χ3n) is 6.56. The molecule has 1 unspecified atom stereocenters. The number of hydrogen-bond acceptors (Lipinski definition) is 4. The number of benzene rings is 4. The second-order valence-corrected chi connectivity index (χ2v) is 8.69. The number of rotatable bonds is 6. The first-order chi connectivity index (χ1) is 16.2. The van der Waals surface area contributed by atoms with Crippen LogP contribution in [0.15, 0.2) is 84.9 Å². The Bertz CT molecular complexity index is 1220. The summed E-state index contributed by atoms with van der Waals surface area (Å²) < 4.78 is 6.02. The molecule has 0 radical (unpaired) electrons. The van der Waals surface area contributed by atoms with Gasteiger partial charge in [0.2, 0.25) is 0 Å². The molecule has 33 heavy (non-hydrogen) atoms. The van der Waals surface area contributed by atoms with Crippen LogP contribution in [0.1, 0.15) is 30.9 Å². The summed E-state index contributed by atoms with van der Waals surface area (Å²) in [5.74, 6) is 1.45. The smallest absolute Gasteiger partial charge is 0.119 e. The molecule has 1 aliphatic heterocycles. The van der Waals surface area contributed by atoms with Crippen LogP contribution in [0.5, 0.6) is 17.2 Å². The molecule has 0 spiro atoms. The molecule has 4 aromatic carbocycles. The van der Waals surface area contributed by atoms with Gasteiger partial charge in [-0.05, 0) is 83.2 Å². The van der Waals surface area contributed by atoms with Gasteiger partial charge in [-0.2, -0.15) is 0 Å². The maximum absolute atomic E-state index is 10.1. The molecule has 1 saturated heterocycles. The number of phenolic OH excluding ortho intramolecular Hbond substituents is 2. The van der Waals surface area contributed by atoms with Gasteiger partial charge in [-0.1, -0.05) is 55.0 Å². The molecule has 0 amide bonds. The molecular formula is C29H29NO3. The van der Waals surface area contributed by atoms with E-state index in [4.69, 9.17) is 4.74 Å². The Morgan fingerprint density at radius 1 is 0.818 bits per heavy atom. The molecule has 4 aromatic rings. The third kappa shape index (κ3) is 4.67. The Kier molecular flexibility index (Phi) is 6.18. The van der Waals surface area contributed by atoms with Crippen molar-refractivity contribution in [2.75, 3.05) is 19.7 Å². The van der Waals surface area contributed by atoms with Gasteiger partial charge >= 0.3 is 0 Å². The molecule has 0 saturated carbocycles. The summed E-state index contributed by atoms with van der Waals surface area (Å²) in [7, 11) is 0. The zero-order valence-electron chi connectivity index (χ0n) is 18.7. The normalized spacial score (nSPS) is 16.7. The quantitative estimate of drug-likeness (QED) is 0.359. The van der Waals surface area contributed by atoms with E-state index in [-0.39, 0.29) is 17.5 Å². The van der Waals surface area contributed by atoms with E-state index in [2.05, 4.69) is 17.0 Å². The Balaban J connectivity index is 1.52. The first kappa shape index (κ1) is 21.4. The molecular weight excluding hydrogens is 410 g/mol. The number of hydrogen-bond donors (Lipinski definition) is 2. The average Bonchev–Trinajstić information content (AvgIpc) is 2.85. The minimum Gasteiger partial charge on any atom is -0.508 e. The number of likely N-dealkylation sites (tertiary alicyclic amines) is 1. The van der Waals surface area contributed by atoms with E-state index in [9.17, 15) is 10.2 Å². The molecule has 1 heterocycles. The monoisotopic (exact) mass is 439 g/mol. The predicted molar refractivity (Wildman–Crippen MR) is 133 cm³/mol. The third-order valence-corrected chi connectivity index (χ3v) is 6.56. The van der Waals surface area contributed by atoms with Crippen LogP contribution in [-0.2, 0) is 0 Å². The lowest BCUT2D eigenvalue weighted by Crippen LogP contribution is -2.36. The molecule has 1 atom stereocenters. The fourth-order valence-electron chi connectivity index (χ4n) is 4.98. The van der Waals surface area contributed by atoms with Crippen LogP contribution in [0.3, 0.4) is 0 Å². The standard InChI is InChI=1S/C29H29NO3/c31-23-12-9-21(10-13-23)26-15-11-22-20-24(32)14-16-27(22)29(26)28-8-4-5-17-30(28)18-19-33-25-6-2-1-3-7-25/h1-3,6-7,9-16,20,28,31-32H,4-5,8,17-19H2. The van der Waals surface area contributed by atoms with Crippen molar-refractivity contribution in [1.82, 2.24) is 4.90 Å². The zero-order valence-corrected chi connectivity index (χ0v) is 18.7. The van der Waals surface area contributed by atoms with Crippen LogP contribution < -0.4 is 4.74 Å². The Morgan fingerprint density at radius 2 is 1.61 bits per heavy atom. The van der Waals surface area contributed by atoms with Crippen molar-refractivity contribution >= 4 is 10.8 Å². The van der Waals surface area contributed by atoms with Gasteiger partial charge in [0.25, 0.3) is 0 Å². The average molecular weight is 440 g/mol. The van der Waals surface area contributed by atoms with E-state index < -0.39 is 0 Å². The summed E-state index contributed by atoms with van der Waals surface area (Å²) in [6.45, 7) is 2.52. The molecule has 0 bridgehead atoms. The summed E-state index contributed by atoms with van der Waals surface area (Å²) in [4.78, 5) is 2.54. The Morgan fingerprint density at radius 3 is 2.42 bits per heavy atom. The highest BCUT2D eigenvalue weighted by atomic mass is 16.5. The van der Waals surface area contributed by atoms with Gasteiger partial charge < -0.3 is 14.9 Å². The van der Waals surface area contributed by atoms with Crippen LogP contribution in [0.4, 0.5) is 0 Å². The number of aromatic hydroxyl groups is 2.